The van der Waals surface area contributed by atoms with Crippen LogP contribution < -0.4 is 5.32 Å². The molecule has 112 valence electrons. The lowest BCUT2D eigenvalue weighted by Crippen LogP contribution is -2.21. The van der Waals surface area contributed by atoms with E-state index in [1.54, 1.807) is 11.8 Å². The second-order valence-corrected chi connectivity index (χ2v) is 7.04. The van der Waals surface area contributed by atoms with Gasteiger partial charge in [0, 0.05) is 0 Å². The van der Waals surface area contributed by atoms with Crippen molar-refractivity contribution < 1.29 is 4.79 Å². The minimum absolute atomic E-state index is 0.00718. The Balaban J connectivity index is 2.07. The highest BCUT2D eigenvalue weighted by molar-refractivity contribution is 8.01. The number of rotatable bonds is 7. The van der Waals surface area contributed by atoms with E-state index in [1.807, 2.05) is 30.3 Å². The summed E-state index contributed by atoms with van der Waals surface area (Å²) < 4.78 is 0.888. The average molecular weight is 321 g/mol. The summed E-state index contributed by atoms with van der Waals surface area (Å²) in [5.41, 5.74) is 1.05. The highest BCUT2D eigenvalue weighted by atomic mass is 32.2. The monoisotopic (exact) mass is 321 g/mol. The molecule has 0 unspecified atom stereocenters. The predicted octanol–water partition coefficient (Wildman–Crippen LogP) is 4.17. The van der Waals surface area contributed by atoms with Crippen LogP contribution in [0.25, 0.3) is 0 Å². The molecular weight excluding hydrogens is 302 g/mol. The summed E-state index contributed by atoms with van der Waals surface area (Å²) in [6, 6.07) is 9.89. The van der Waals surface area contributed by atoms with E-state index in [2.05, 4.69) is 29.4 Å². The highest BCUT2D eigenvalue weighted by Crippen LogP contribution is 2.27. The van der Waals surface area contributed by atoms with Crippen LogP contribution in [0.5, 0.6) is 0 Å². The van der Waals surface area contributed by atoms with E-state index in [1.165, 1.54) is 11.3 Å². The van der Waals surface area contributed by atoms with E-state index in [0.29, 0.717) is 5.13 Å². The molecule has 1 aromatic carbocycles. The van der Waals surface area contributed by atoms with Gasteiger partial charge in [0.25, 0.3) is 0 Å². The van der Waals surface area contributed by atoms with Gasteiger partial charge in [0.05, 0.1) is 5.92 Å². The SMILES string of the molecule is CCC[C@H](C(=O)Nc1nnc(SCC)s1)c1ccccc1. The van der Waals surface area contributed by atoms with Crippen molar-refractivity contribution in [1.29, 1.82) is 0 Å². The topological polar surface area (TPSA) is 54.9 Å². The molecule has 0 saturated carbocycles. The molecule has 0 aliphatic carbocycles. The number of thioether (sulfide) groups is 1. The van der Waals surface area contributed by atoms with Crippen molar-refractivity contribution >= 4 is 34.1 Å². The van der Waals surface area contributed by atoms with Crippen LogP contribution >= 0.6 is 23.1 Å². The summed E-state index contributed by atoms with van der Waals surface area (Å²) in [6.45, 7) is 4.15. The molecular formula is C15H19N3OS2. The zero-order valence-corrected chi connectivity index (χ0v) is 13.8. The second-order valence-electron chi connectivity index (χ2n) is 4.55. The van der Waals surface area contributed by atoms with Crippen molar-refractivity contribution in [1.82, 2.24) is 10.2 Å². The third kappa shape index (κ3) is 4.54. The first-order valence-corrected chi connectivity index (χ1v) is 8.86. The lowest BCUT2D eigenvalue weighted by atomic mass is 9.94. The molecule has 1 amide bonds. The first-order valence-electron chi connectivity index (χ1n) is 7.06. The van der Waals surface area contributed by atoms with Gasteiger partial charge in [-0.25, -0.2) is 0 Å². The number of aromatic nitrogens is 2. The number of amides is 1. The molecule has 0 bridgehead atoms. The van der Waals surface area contributed by atoms with Crippen molar-refractivity contribution in [2.75, 3.05) is 11.1 Å². The number of nitrogens with one attached hydrogen (secondary N) is 1. The molecule has 1 heterocycles. The normalized spacial score (nSPS) is 12.1. The van der Waals surface area contributed by atoms with Crippen molar-refractivity contribution in [2.24, 2.45) is 0 Å². The van der Waals surface area contributed by atoms with E-state index in [9.17, 15) is 4.79 Å². The van der Waals surface area contributed by atoms with E-state index >= 15 is 0 Å². The lowest BCUT2D eigenvalue weighted by molar-refractivity contribution is -0.117. The summed E-state index contributed by atoms with van der Waals surface area (Å²) in [5.74, 6) is 0.806. The van der Waals surface area contributed by atoms with Crippen molar-refractivity contribution in [2.45, 2.75) is 36.9 Å². The Morgan fingerprint density at radius 2 is 2.05 bits per heavy atom. The van der Waals surface area contributed by atoms with Crippen LogP contribution in [0.1, 0.15) is 38.2 Å². The molecule has 0 aliphatic heterocycles. The van der Waals surface area contributed by atoms with Crippen molar-refractivity contribution in [3.63, 3.8) is 0 Å². The number of carbonyl (C=O) groups excluding carboxylic acids is 1. The van der Waals surface area contributed by atoms with Crippen LogP contribution in [-0.4, -0.2) is 21.9 Å². The summed E-state index contributed by atoms with van der Waals surface area (Å²) in [4.78, 5) is 12.5. The van der Waals surface area contributed by atoms with E-state index < -0.39 is 0 Å². The molecule has 0 fully saturated rings. The largest absolute Gasteiger partial charge is 0.300 e. The standard InChI is InChI=1S/C15H19N3OS2/c1-3-8-12(11-9-6-5-7-10-11)13(19)16-14-17-18-15(21-14)20-4-2/h5-7,9-10,12H,3-4,8H2,1-2H3,(H,16,17,19)/t12-/m0/s1. The summed E-state index contributed by atoms with van der Waals surface area (Å²) >= 11 is 3.06. The van der Waals surface area contributed by atoms with Gasteiger partial charge in [0.1, 0.15) is 0 Å². The summed E-state index contributed by atoms with van der Waals surface area (Å²) in [5, 5.41) is 11.6. The molecule has 21 heavy (non-hydrogen) atoms. The van der Waals surface area contributed by atoms with Crippen LogP contribution in [0.4, 0.5) is 5.13 Å². The first-order chi connectivity index (χ1) is 10.2. The van der Waals surface area contributed by atoms with Gasteiger partial charge in [0.15, 0.2) is 4.34 Å². The lowest BCUT2D eigenvalue weighted by Gasteiger charge is -2.15. The second kappa shape index (κ2) is 8.14. The number of hydrogen-bond acceptors (Lipinski definition) is 5. The van der Waals surface area contributed by atoms with Crippen LogP contribution in [0, 0.1) is 0 Å². The molecule has 0 spiro atoms. The van der Waals surface area contributed by atoms with E-state index in [-0.39, 0.29) is 11.8 Å². The zero-order valence-electron chi connectivity index (χ0n) is 12.2. The summed E-state index contributed by atoms with van der Waals surface area (Å²) in [6.07, 6.45) is 1.78. The average Bonchev–Trinajstić information content (AvgIpc) is 2.93. The maximum absolute atomic E-state index is 12.5. The van der Waals surface area contributed by atoms with Gasteiger partial charge >= 0.3 is 0 Å². The first kappa shape index (κ1) is 16.0. The predicted molar refractivity (Wildman–Crippen MR) is 89.0 cm³/mol. The van der Waals surface area contributed by atoms with Crippen LogP contribution in [0.2, 0.25) is 0 Å². The molecule has 1 atom stereocenters. The summed E-state index contributed by atoms with van der Waals surface area (Å²) in [7, 11) is 0. The van der Waals surface area contributed by atoms with Crippen LogP contribution in [0.15, 0.2) is 34.7 Å². The Morgan fingerprint density at radius 1 is 1.29 bits per heavy atom. The number of nitrogens with zero attached hydrogens (tertiary/aromatic N) is 2. The molecule has 2 aromatic rings. The fraction of sp³-hybridized carbons (Fsp3) is 0.400. The Bertz CT molecular complexity index is 571. The molecule has 0 radical (unpaired) electrons. The van der Waals surface area contributed by atoms with Gasteiger partial charge in [-0.05, 0) is 17.7 Å². The quantitative estimate of drug-likeness (QED) is 0.614. The zero-order chi connectivity index (χ0) is 15.1. The number of anilines is 1. The van der Waals surface area contributed by atoms with E-state index in [0.717, 1.165) is 28.5 Å². The highest BCUT2D eigenvalue weighted by Gasteiger charge is 2.20. The molecule has 0 aliphatic rings. The number of hydrogen-bond donors (Lipinski definition) is 1. The number of benzene rings is 1. The van der Waals surface area contributed by atoms with Gasteiger partial charge in [-0.2, -0.15) is 0 Å². The fourth-order valence-corrected chi connectivity index (χ4v) is 3.71. The van der Waals surface area contributed by atoms with Crippen molar-refractivity contribution in [3.8, 4) is 0 Å². The molecule has 1 aromatic heterocycles. The van der Waals surface area contributed by atoms with Crippen LogP contribution in [0.3, 0.4) is 0 Å². The Labute approximate surface area is 133 Å². The molecule has 4 nitrogen and oxygen atoms in total. The Hall–Kier alpha value is -1.40. The Morgan fingerprint density at radius 3 is 2.71 bits per heavy atom. The van der Waals surface area contributed by atoms with E-state index in [4.69, 9.17) is 0 Å². The van der Waals surface area contributed by atoms with Crippen molar-refractivity contribution in [3.05, 3.63) is 35.9 Å². The minimum atomic E-state index is -0.137. The molecule has 0 saturated heterocycles. The fourth-order valence-electron chi connectivity index (χ4n) is 2.06. The van der Waals surface area contributed by atoms with Gasteiger partial charge < -0.3 is 0 Å². The minimum Gasteiger partial charge on any atom is -0.300 e. The third-order valence-corrected chi connectivity index (χ3v) is 4.85. The Kier molecular flexibility index (Phi) is 6.20. The van der Waals surface area contributed by atoms with Gasteiger partial charge in [0.2, 0.25) is 11.0 Å². The molecule has 6 heteroatoms. The number of carbonyl (C=O) groups is 1. The third-order valence-electron chi connectivity index (χ3n) is 3.00. The smallest absolute Gasteiger partial charge is 0.233 e. The maximum atomic E-state index is 12.5. The van der Waals surface area contributed by atoms with Gasteiger partial charge in [-0.1, -0.05) is 73.7 Å². The van der Waals surface area contributed by atoms with Crippen LogP contribution in [-0.2, 0) is 4.79 Å². The molecule has 1 N–H and O–H groups in total. The molecule has 2 rings (SSSR count). The van der Waals surface area contributed by atoms with Gasteiger partial charge in [-0.15, -0.1) is 10.2 Å². The van der Waals surface area contributed by atoms with Gasteiger partial charge in [-0.3, -0.25) is 10.1 Å². The maximum Gasteiger partial charge on any atom is 0.233 e.